The van der Waals surface area contributed by atoms with Crippen LogP contribution in [0.3, 0.4) is 0 Å². The summed E-state index contributed by atoms with van der Waals surface area (Å²) in [6.45, 7) is 5.11. The molecule has 2 aromatic heterocycles. The molecule has 2 rings (SSSR count). The molecule has 17 heavy (non-hydrogen) atoms. The van der Waals surface area contributed by atoms with E-state index in [1.165, 1.54) is 5.56 Å². The summed E-state index contributed by atoms with van der Waals surface area (Å²) < 4.78 is 0. The van der Waals surface area contributed by atoms with Crippen molar-refractivity contribution in [3.63, 3.8) is 0 Å². The Balaban J connectivity index is 2.08. The topological polar surface area (TPSA) is 60.9 Å². The van der Waals surface area contributed by atoms with Crippen molar-refractivity contribution >= 4 is 11.0 Å². The van der Waals surface area contributed by atoms with Crippen LogP contribution in [0.25, 0.3) is 11.0 Å². The number of aromatic nitrogens is 2. The Morgan fingerprint density at radius 2 is 2.29 bits per heavy atom. The van der Waals surface area contributed by atoms with Crippen LogP contribution in [0.15, 0.2) is 24.5 Å². The molecule has 4 nitrogen and oxygen atoms in total. The van der Waals surface area contributed by atoms with Gasteiger partial charge in [0.05, 0.1) is 6.61 Å². The predicted molar refractivity (Wildman–Crippen MR) is 68.6 cm³/mol. The Morgan fingerprint density at radius 1 is 1.47 bits per heavy atom. The van der Waals surface area contributed by atoms with Gasteiger partial charge >= 0.3 is 0 Å². The molecule has 2 aromatic rings. The quantitative estimate of drug-likeness (QED) is 0.736. The van der Waals surface area contributed by atoms with Crippen molar-refractivity contribution in [1.29, 1.82) is 0 Å². The Kier molecular flexibility index (Phi) is 3.76. The molecule has 0 radical (unpaired) electrons. The van der Waals surface area contributed by atoms with Gasteiger partial charge in [-0.25, -0.2) is 4.98 Å². The Morgan fingerprint density at radius 3 is 3.00 bits per heavy atom. The number of fused-ring (bicyclic) bond motifs is 1. The fraction of sp³-hybridized carbons (Fsp3) is 0.462. The van der Waals surface area contributed by atoms with E-state index in [1.54, 1.807) is 6.20 Å². The Labute approximate surface area is 101 Å². The molecule has 1 atom stereocenters. The van der Waals surface area contributed by atoms with E-state index < -0.39 is 0 Å². The van der Waals surface area contributed by atoms with Crippen molar-refractivity contribution in [3.8, 4) is 0 Å². The first kappa shape index (κ1) is 12.1. The highest BCUT2D eigenvalue weighted by Crippen LogP contribution is 2.15. The number of aliphatic hydroxyl groups excluding tert-OH is 1. The van der Waals surface area contributed by atoms with Gasteiger partial charge in [0.15, 0.2) is 0 Å². The van der Waals surface area contributed by atoms with E-state index in [0.717, 1.165) is 17.6 Å². The number of hydrogen-bond acceptors (Lipinski definition) is 3. The molecule has 0 bridgehead atoms. The monoisotopic (exact) mass is 233 g/mol. The smallest absolute Gasteiger partial charge is 0.137 e. The maximum Gasteiger partial charge on any atom is 0.137 e. The van der Waals surface area contributed by atoms with Crippen LogP contribution in [0, 0.1) is 5.92 Å². The third-order valence-corrected chi connectivity index (χ3v) is 3.09. The molecule has 3 N–H and O–H groups in total. The predicted octanol–water partition coefficient (Wildman–Crippen LogP) is 1.67. The molecule has 0 fully saturated rings. The van der Waals surface area contributed by atoms with Gasteiger partial charge < -0.3 is 15.4 Å². The molecule has 0 saturated carbocycles. The largest absolute Gasteiger partial charge is 0.395 e. The molecule has 4 heteroatoms. The lowest BCUT2D eigenvalue weighted by Crippen LogP contribution is -2.36. The van der Waals surface area contributed by atoms with Gasteiger partial charge in [-0.05, 0) is 23.6 Å². The van der Waals surface area contributed by atoms with Gasteiger partial charge in [0.2, 0.25) is 0 Å². The van der Waals surface area contributed by atoms with Gasteiger partial charge in [-0.1, -0.05) is 13.8 Å². The second-order valence-corrected chi connectivity index (χ2v) is 4.63. The minimum atomic E-state index is 0.136. The van der Waals surface area contributed by atoms with Gasteiger partial charge in [0.25, 0.3) is 0 Å². The van der Waals surface area contributed by atoms with Crippen LogP contribution >= 0.6 is 0 Å². The van der Waals surface area contributed by atoms with Crippen LogP contribution in [-0.4, -0.2) is 27.7 Å². The van der Waals surface area contributed by atoms with Crippen LogP contribution in [0.1, 0.15) is 19.4 Å². The second-order valence-electron chi connectivity index (χ2n) is 4.63. The summed E-state index contributed by atoms with van der Waals surface area (Å²) in [5, 5.41) is 13.8. The number of nitrogens with one attached hydrogen (secondary N) is 2. The average Bonchev–Trinajstić information content (AvgIpc) is 2.73. The molecule has 0 aromatic carbocycles. The molecule has 2 heterocycles. The summed E-state index contributed by atoms with van der Waals surface area (Å²) in [6.07, 6.45) is 3.75. The fourth-order valence-electron chi connectivity index (χ4n) is 1.91. The molecular formula is C13H19N3O. The van der Waals surface area contributed by atoms with Gasteiger partial charge in [0.1, 0.15) is 5.65 Å². The van der Waals surface area contributed by atoms with E-state index in [4.69, 9.17) is 0 Å². The molecule has 0 unspecified atom stereocenters. The van der Waals surface area contributed by atoms with E-state index in [0.29, 0.717) is 5.92 Å². The molecule has 0 amide bonds. The fourth-order valence-corrected chi connectivity index (χ4v) is 1.91. The molecule has 0 aliphatic heterocycles. The third kappa shape index (κ3) is 2.65. The third-order valence-electron chi connectivity index (χ3n) is 3.09. The van der Waals surface area contributed by atoms with Crippen LogP contribution in [0.4, 0.5) is 0 Å². The van der Waals surface area contributed by atoms with Crippen molar-refractivity contribution < 1.29 is 5.11 Å². The van der Waals surface area contributed by atoms with Crippen LogP contribution in [0.2, 0.25) is 0 Å². The lowest BCUT2D eigenvalue weighted by atomic mass is 10.1. The molecule has 0 spiro atoms. The second kappa shape index (κ2) is 5.29. The highest BCUT2D eigenvalue weighted by molar-refractivity contribution is 5.79. The molecule has 92 valence electrons. The maximum absolute atomic E-state index is 9.26. The molecule has 0 aliphatic carbocycles. The summed E-state index contributed by atoms with van der Waals surface area (Å²) in [5.74, 6) is 0.420. The standard InChI is InChI=1S/C13H19N3O/c1-9(2)12(8-17)15-6-10-7-16-13-11(10)4-3-5-14-13/h3-5,7,9,12,15,17H,6,8H2,1-2H3,(H,14,16)/t12-/m1/s1. The molecular weight excluding hydrogens is 214 g/mol. The maximum atomic E-state index is 9.26. The van der Waals surface area contributed by atoms with Crippen LogP contribution in [-0.2, 0) is 6.54 Å². The number of nitrogens with zero attached hydrogens (tertiary/aromatic N) is 1. The zero-order valence-electron chi connectivity index (χ0n) is 10.3. The van der Waals surface area contributed by atoms with E-state index in [1.807, 2.05) is 12.3 Å². The highest BCUT2D eigenvalue weighted by atomic mass is 16.3. The van der Waals surface area contributed by atoms with E-state index in [9.17, 15) is 5.11 Å². The van der Waals surface area contributed by atoms with Crippen molar-refractivity contribution in [3.05, 3.63) is 30.1 Å². The van der Waals surface area contributed by atoms with Crippen LogP contribution < -0.4 is 5.32 Å². The minimum absolute atomic E-state index is 0.136. The first-order chi connectivity index (χ1) is 8.22. The zero-order chi connectivity index (χ0) is 12.3. The lowest BCUT2D eigenvalue weighted by Gasteiger charge is -2.19. The van der Waals surface area contributed by atoms with Crippen molar-refractivity contribution in [2.24, 2.45) is 5.92 Å². The lowest BCUT2D eigenvalue weighted by molar-refractivity contribution is 0.210. The summed E-state index contributed by atoms with van der Waals surface area (Å²) in [4.78, 5) is 7.40. The first-order valence-corrected chi connectivity index (χ1v) is 5.97. The van der Waals surface area contributed by atoms with Crippen molar-refractivity contribution in [2.45, 2.75) is 26.4 Å². The van der Waals surface area contributed by atoms with Gasteiger partial charge in [-0.3, -0.25) is 0 Å². The summed E-state index contributed by atoms with van der Waals surface area (Å²) in [7, 11) is 0. The Hall–Kier alpha value is -1.39. The van der Waals surface area contributed by atoms with Crippen LogP contribution in [0.5, 0.6) is 0 Å². The molecule has 0 aliphatic rings. The number of hydrogen-bond donors (Lipinski definition) is 3. The normalized spacial score (nSPS) is 13.4. The number of pyridine rings is 1. The van der Waals surface area contributed by atoms with E-state index in [2.05, 4.69) is 35.2 Å². The molecule has 0 saturated heterocycles. The first-order valence-electron chi connectivity index (χ1n) is 5.97. The van der Waals surface area contributed by atoms with Crippen molar-refractivity contribution in [1.82, 2.24) is 15.3 Å². The number of aliphatic hydroxyl groups is 1. The zero-order valence-corrected chi connectivity index (χ0v) is 10.3. The van der Waals surface area contributed by atoms with Gasteiger partial charge in [0, 0.05) is 30.4 Å². The SMILES string of the molecule is CC(C)[C@@H](CO)NCc1c[nH]c2ncccc12. The number of H-pyrrole nitrogens is 1. The number of aromatic amines is 1. The van der Waals surface area contributed by atoms with E-state index in [-0.39, 0.29) is 12.6 Å². The van der Waals surface area contributed by atoms with E-state index >= 15 is 0 Å². The Bertz CT molecular complexity index is 478. The summed E-state index contributed by atoms with van der Waals surface area (Å²) >= 11 is 0. The van der Waals surface area contributed by atoms with Gasteiger partial charge in [-0.15, -0.1) is 0 Å². The minimum Gasteiger partial charge on any atom is -0.395 e. The van der Waals surface area contributed by atoms with Crippen molar-refractivity contribution in [2.75, 3.05) is 6.61 Å². The summed E-state index contributed by atoms with van der Waals surface area (Å²) in [5.41, 5.74) is 2.10. The average molecular weight is 233 g/mol. The van der Waals surface area contributed by atoms with Gasteiger partial charge in [-0.2, -0.15) is 0 Å². The number of rotatable bonds is 5. The summed E-state index contributed by atoms with van der Waals surface area (Å²) in [6, 6.07) is 4.13. The highest BCUT2D eigenvalue weighted by Gasteiger charge is 2.12.